The minimum Gasteiger partial charge on any atom is -0.467 e. The van der Waals surface area contributed by atoms with Gasteiger partial charge in [-0.05, 0) is 30.2 Å². The van der Waals surface area contributed by atoms with Gasteiger partial charge in [0.05, 0.1) is 18.3 Å². The maximum atomic E-state index is 12.7. The fourth-order valence-electron chi connectivity index (χ4n) is 3.95. The molecule has 0 radical (unpaired) electrons. The second kappa shape index (κ2) is 8.97. The highest BCUT2D eigenvalue weighted by atomic mass is 16.3. The third-order valence-corrected chi connectivity index (χ3v) is 5.51. The van der Waals surface area contributed by atoms with Gasteiger partial charge in [0.15, 0.2) is 0 Å². The molecule has 1 aliphatic rings. The van der Waals surface area contributed by atoms with Crippen molar-refractivity contribution in [3.63, 3.8) is 0 Å². The van der Waals surface area contributed by atoms with Gasteiger partial charge in [-0.2, -0.15) is 0 Å². The normalized spacial score (nSPS) is 16.0. The zero-order chi connectivity index (χ0) is 20.1. The van der Waals surface area contributed by atoms with E-state index in [0.717, 1.165) is 18.8 Å². The lowest BCUT2D eigenvalue weighted by Crippen LogP contribution is -2.52. The van der Waals surface area contributed by atoms with Crippen molar-refractivity contribution in [2.24, 2.45) is 0 Å². The molecular weight excluding hydrogens is 362 g/mol. The predicted octanol–water partition coefficient (Wildman–Crippen LogP) is 4.46. The molecule has 150 valence electrons. The van der Waals surface area contributed by atoms with Crippen LogP contribution in [0, 0.1) is 0 Å². The first kappa shape index (κ1) is 19.3. The smallest absolute Gasteiger partial charge is 0.318 e. The van der Waals surface area contributed by atoms with Crippen LogP contribution in [0.5, 0.6) is 0 Å². The van der Waals surface area contributed by atoms with Gasteiger partial charge in [-0.15, -0.1) is 0 Å². The summed E-state index contributed by atoms with van der Waals surface area (Å²) in [5, 5.41) is 3.03. The number of piperazine rings is 1. The van der Waals surface area contributed by atoms with Gasteiger partial charge in [0.2, 0.25) is 0 Å². The number of rotatable bonds is 5. The molecule has 4 rings (SSSR count). The van der Waals surface area contributed by atoms with Crippen LogP contribution in [0.25, 0.3) is 0 Å². The number of nitrogens with zero attached hydrogens (tertiary/aromatic N) is 2. The van der Waals surface area contributed by atoms with Gasteiger partial charge in [-0.25, -0.2) is 4.79 Å². The van der Waals surface area contributed by atoms with Crippen LogP contribution in [0.15, 0.2) is 83.5 Å². The summed E-state index contributed by atoms with van der Waals surface area (Å²) in [5.41, 5.74) is 2.56. The fraction of sp³-hybridized carbons (Fsp3) is 0.292. The van der Waals surface area contributed by atoms with Gasteiger partial charge in [-0.1, -0.05) is 60.7 Å². The quantitative estimate of drug-likeness (QED) is 0.701. The average molecular weight is 389 g/mol. The lowest BCUT2D eigenvalue weighted by Gasteiger charge is -2.40. The Balaban J connectivity index is 1.42. The highest BCUT2D eigenvalue weighted by molar-refractivity contribution is 5.74. The molecule has 1 unspecified atom stereocenters. The molecule has 2 aromatic carbocycles. The number of hydrogen-bond acceptors (Lipinski definition) is 3. The van der Waals surface area contributed by atoms with Crippen molar-refractivity contribution >= 4 is 6.03 Å². The molecule has 5 nitrogen and oxygen atoms in total. The Morgan fingerprint density at radius 3 is 1.97 bits per heavy atom. The van der Waals surface area contributed by atoms with Gasteiger partial charge in [0.1, 0.15) is 5.76 Å². The summed E-state index contributed by atoms with van der Waals surface area (Å²) in [7, 11) is 0. The number of benzene rings is 2. The van der Waals surface area contributed by atoms with Crippen LogP contribution in [-0.4, -0.2) is 42.0 Å². The number of nitrogens with one attached hydrogen (secondary N) is 1. The number of carbonyl (C=O) groups is 1. The van der Waals surface area contributed by atoms with Crippen molar-refractivity contribution in [2.75, 3.05) is 26.2 Å². The van der Waals surface area contributed by atoms with E-state index in [9.17, 15) is 4.79 Å². The van der Waals surface area contributed by atoms with Gasteiger partial charge in [-0.3, -0.25) is 4.90 Å². The topological polar surface area (TPSA) is 48.7 Å². The maximum Gasteiger partial charge on any atom is 0.318 e. The Morgan fingerprint density at radius 1 is 0.862 bits per heavy atom. The molecule has 1 aliphatic heterocycles. The lowest BCUT2D eigenvalue weighted by molar-refractivity contribution is 0.118. The summed E-state index contributed by atoms with van der Waals surface area (Å²) in [6, 6.07) is 24.9. The van der Waals surface area contributed by atoms with E-state index in [0.29, 0.717) is 13.1 Å². The lowest BCUT2D eigenvalue weighted by atomic mass is 9.96. The van der Waals surface area contributed by atoms with E-state index in [1.807, 2.05) is 36.1 Å². The van der Waals surface area contributed by atoms with E-state index >= 15 is 0 Å². The van der Waals surface area contributed by atoms with Crippen LogP contribution in [-0.2, 0) is 0 Å². The molecule has 5 heteroatoms. The zero-order valence-electron chi connectivity index (χ0n) is 16.7. The Bertz CT molecular complexity index is 849. The highest BCUT2D eigenvalue weighted by Crippen LogP contribution is 2.29. The third-order valence-electron chi connectivity index (χ3n) is 5.51. The van der Waals surface area contributed by atoms with Gasteiger partial charge >= 0.3 is 6.03 Å². The molecule has 1 saturated heterocycles. The highest BCUT2D eigenvalue weighted by Gasteiger charge is 2.28. The molecule has 1 N–H and O–H groups in total. The van der Waals surface area contributed by atoms with Crippen LogP contribution in [0.2, 0.25) is 0 Å². The number of furan rings is 1. The van der Waals surface area contributed by atoms with Gasteiger partial charge in [0, 0.05) is 26.2 Å². The second-order valence-electron chi connectivity index (χ2n) is 7.43. The Hall–Kier alpha value is -3.05. The SMILES string of the molecule is CC(NC(=O)N1CCN(C(c2ccccc2)c2ccccc2)CC1)c1ccco1. The molecule has 0 spiro atoms. The Labute approximate surface area is 171 Å². The van der Waals surface area contributed by atoms with Crippen LogP contribution in [0.4, 0.5) is 4.79 Å². The van der Waals surface area contributed by atoms with Gasteiger partial charge in [0.25, 0.3) is 0 Å². The van der Waals surface area contributed by atoms with Gasteiger partial charge < -0.3 is 14.6 Å². The number of urea groups is 1. The van der Waals surface area contributed by atoms with Crippen molar-refractivity contribution in [2.45, 2.75) is 19.0 Å². The minimum absolute atomic E-state index is 0.0375. The molecule has 1 aromatic heterocycles. The molecule has 0 bridgehead atoms. The molecule has 1 fully saturated rings. The van der Waals surface area contributed by atoms with Crippen molar-refractivity contribution in [3.05, 3.63) is 95.9 Å². The number of amides is 2. The average Bonchev–Trinajstić information content (AvgIpc) is 3.31. The van der Waals surface area contributed by atoms with Crippen molar-refractivity contribution in [1.82, 2.24) is 15.1 Å². The standard InChI is InChI=1S/C24H27N3O2/c1-19(22-13-8-18-29-22)25-24(28)27-16-14-26(15-17-27)23(20-9-4-2-5-10-20)21-11-6-3-7-12-21/h2-13,18-19,23H,14-17H2,1H3,(H,25,28). The second-order valence-corrected chi connectivity index (χ2v) is 7.43. The van der Waals surface area contributed by atoms with E-state index < -0.39 is 0 Å². The largest absolute Gasteiger partial charge is 0.467 e. The summed E-state index contributed by atoms with van der Waals surface area (Å²) < 4.78 is 5.39. The number of hydrogen-bond donors (Lipinski definition) is 1. The molecule has 2 amide bonds. The molecule has 29 heavy (non-hydrogen) atoms. The minimum atomic E-state index is -0.142. The molecule has 0 aliphatic carbocycles. The van der Waals surface area contributed by atoms with E-state index in [1.165, 1.54) is 11.1 Å². The molecule has 0 saturated carbocycles. The molecule has 1 atom stereocenters. The monoisotopic (exact) mass is 389 g/mol. The van der Waals surface area contributed by atoms with Crippen molar-refractivity contribution < 1.29 is 9.21 Å². The Kier molecular flexibility index (Phi) is 5.96. The van der Waals surface area contributed by atoms with E-state index in [4.69, 9.17) is 4.42 Å². The van der Waals surface area contributed by atoms with E-state index in [-0.39, 0.29) is 18.1 Å². The molecule has 3 aromatic rings. The summed E-state index contributed by atoms with van der Waals surface area (Å²) in [4.78, 5) is 17.0. The summed E-state index contributed by atoms with van der Waals surface area (Å²) in [6.45, 7) is 5.00. The Morgan fingerprint density at radius 2 is 1.45 bits per heavy atom. The fourth-order valence-corrected chi connectivity index (χ4v) is 3.95. The summed E-state index contributed by atoms with van der Waals surface area (Å²) in [5.74, 6) is 0.769. The van der Waals surface area contributed by atoms with Crippen LogP contribution >= 0.6 is 0 Å². The van der Waals surface area contributed by atoms with Crippen molar-refractivity contribution in [1.29, 1.82) is 0 Å². The zero-order valence-corrected chi connectivity index (χ0v) is 16.7. The van der Waals surface area contributed by atoms with Crippen molar-refractivity contribution in [3.8, 4) is 0 Å². The predicted molar refractivity (Wildman–Crippen MR) is 114 cm³/mol. The summed E-state index contributed by atoms with van der Waals surface area (Å²) in [6.07, 6.45) is 1.63. The van der Waals surface area contributed by atoms with Crippen LogP contribution < -0.4 is 5.32 Å². The summed E-state index contributed by atoms with van der Waals surface area (Å²) >= 11 is 0. The first-order valence-corrected chi connectivity index (χ1v) is 10.1. The third kappa shape index (κ3) is 4.51. The number of carbonyl (C=O) groups excluding carboxylic acids is 1. The molecular formula is C24H27N3O2. The van der Waals surface area contributed by atoms with Crippen LogP contribution in [0.1, 0.15) is 35.9 Å². The first-order chi connectivity index (χ1) is 14.2. The maximum absolute atomic E-state index is 12.7. The van der Waals surface area contributed by atoms with Crippen LogP contribution in [0.3, 0.4) is 0 Å². The van der Waals surface area contributed by atoms with E-state index in [2.05, 4.69) is 58.7 Å². The molecule has 2 heterocycles. The van der Waals surface area contributed by atoms with E-state index in [1.54, 1.807) is 6.26 Å². The first-order valence-electron chi connectivity index (χ1n) is 10.1.